The molecular weight excluding hydrogens is 380 g/mol. The Balaban J connectivity index is 3.52. The van der Waals surface area contributed by atoms with E-state index in [1.807, 2.05) is 0 Å². The topological polar surface area (TPSA) is 0 Å². The van der Waals surface area contributed by atoms with E-state index in [4.69, 9.17) is 92.8 Å². The van der Waals surface area contributed by atoms with Gasteiger partial charge in [0.25, 0.3) is 0 Å². The van der Waals surface area contributed by atoms with E-state index < -0.39 is 7.59 Å². The summed E-state index contributed by atoms with van der Waals surface area (Å²) in [6.45, 7) is 0. The molecule has 0 fully saturated rings. The summed E-state index contributed by atoms with van der Waals surface area (Å²) in [6, 6.07) is 2.90. The zero-order chi connectivity index (χ0) is 12.7. The zero-order valence-electron chi connectivity index (χ0n) is 7.18. The normalized spacial score (nSPS) is 13.0. The van der Waals surface area contributed by atoms with Crippen molar-refractivity contribution in [1.82, 2.24) is 0 Å². The third-order valence-electron chi connectivity index (χ3n) is 1.68. The molecule has 1 rings (SSSR count). The second-order valence-electron chi connectivity index (χ2n) is 2.78. The van der Waals surface area contributed by atoms with Gasteiger partial charge in [0, 0.05) is 16.1 Å². The Labute approximate surface area is 133 Å². The maximum absolute atomic E-state index is 5.99. The van der Waals surface area contributed by atoms with Crippen molar-refractivity contribution < 1.29 is 0 Å². The Morgan fingerprint density at radius 2 is 1.25 bits per heavy atom. The Kier molecular flexibility index (Phi) is 5.13. The molecule has 0 aliphatic carbocycles. The first-order valence-electron chi connectivity index (χ1n) is 3.67. The Bertz CT molecular complexity index is 400. The highest BCUT2D eigenvalue weighted by molar-refractivity contribution is 6.69. The van der Waals surface area contributed by atoms with Gasteiger partial charge in [-0.25, -0.2) is 0 Å². The minimum absolute atomic E-state index is 0.0208. The summed E-state index contributed by atoms with van der Waals surface area (Å²) < 4.78 is -3.51. The van der Waals surface area contributed by atoms with Crippen LogP contribution in [0.15, 0.2) is 12.1 Å². The molecule has 8 heteroatoms. The molecule has 0 spiro atoms. The summed E-state index contributed by atoms with van der Waals surface area (Å²) in [5, 5.41) is 0.204. The number of hydrogen-bond acceptors (Lipinski definition) is 0. The standard InChI is InChI=1S/C8H2Cl8/c9-4-2-1-3(7(11,12)13)6(10)5(4)8(14,15)16/h1-2H. The highest BCUT2D eigenvalue weighted by atomic mass is 35.6. The van der Waals surface area contributed by atoms with Crippen molar-refractivity contribution in [2.75, 3.05) is 0 Å². The molecular formula is C8H2Cl8. The van der Waals surface area contributed by atoms with Crippen LogP contribution in [0, 0.1) is 0 Å². The van der Waals surface area contributed by atoms with E-state index in [-0.39, 0.29) is 21.2 Å². The van der Waals surface area contributed by atoms with Gasteiger partial charge in [0.15, 0.2) is 0 Å². The maximum atomic E-state index is 5.99. The van der Waals surface area contributed by atoms with Crippen LogP contribution >= 0.6 is 92.8 Å². The summed E-state index contributed by atoms with van der Waals surface area (Å²) in [6.07, 6.45) is 0. The molecule has 0 aliphatic heterocycles. The average molecular weight is 382 g/mol. The van der Waals surface area contributed by atoms with Crippen molar-refractivity contribution in [1.29, 1.82) is 0 Å². The molecule has 0 saturated heterocycles. The molecule has 0 amide bonds. The van der Waals surface area contributed by atoms with Gasteiger partial charge in [-0.2, -0.15) is 0 Å². The molecule has 0 radical (unpaired) electrons. The number of hydrogen-bond donors (Lipinski definition) is 0. The molecule has 16 heavy (non-hydrogen) atoms. The summed E-state index contributed by atoms with van der Waals surface area (Å²) in [4.78, 5) is 0. The van der Waals surface area contributed by atoms with Gasteiger partial charge in [-0.3, -0.25) is 0 Å². The Morgan fingerprint density at radius 1 is 0.750 bits per heavy atom. The lowest BCUT2D eigenvalue weighted by molar-refractivity contribution is 1.17. The van der Waals surface area contributed by atoms with E-state index >= 15 is 0 Å². The van der Waals surface area contributed by atoms with Crippen molar-refractivity contribution in [2.45, 2.75) is 7.59 Å². The second-order valence-corrected chi connectivity index (χ2v) is 8.13. The fourth-order valence-corrected chi connectivity index (χ4v) is 3.32. The number of rotatable bonds is 0. The van der Waals surface area contributed by atoms with Gasteiger partial charge in [-0.05, 0) is 6.07 Å². The van der Waals surface area contributed by atoms with Gasteiger partial charge < -0.3 is 0 Å². The molecule has 0 saturated carbocycles. The molecule has 1 aromatic carbocycles. The van der Waals surface area contributed by atoms with Crippen LogP contribution < -0.4 is 0 Å². The van der Waals surface area contributed by atoms with Gasteiger partial charge >= 0.3 is 0 Å². The minimum Gasteiger partial charge on any atom is -0.0838 e. The molecule has 0 atom stereocenters. The monoisotopic (exact) mass is 378 g/mol. The van der Waals surface area contributed by atoms with Gasteiger partial charge in [0.1, 0.15) is 0 Å². The van der Waals surface area contributed by atoms with Gasteiger partial charge in [-0.1, -0.05) is 98.9 Å². The first-order valence-corrected chi connectivity index (χ1v) is 6.70. The molecule has 1 aromatic rings. The molecule has 0 unspecified atom stereocenters. The highest BCUT2D eigenvalue weighted by Crippen LogP contribution is 2.50. The van der Waals surface area contributed by atoms with E-state index in [1.165, 1.54) is 12.1 Å². The smallest absolute Gasteiger partial charge is 0.0838 e. The van der Waals surface area contributed by atoms with Crippen LogP contribution in [-0.2, 0) is 7.59 Å². The maximum Gasteiger partial charge on any atom is 0.218 e. The summed E-state index contributed by atoms with van der Waals surface area (Å²) in [5.41, 5.74) is 0.287. The number of benzene rings is 1. The first kappa shape index (κ1) is 15.6. The fourth-order valence-electron chi connectivity index (χ4n) is 1.03. The molecule has 0 aromatic heterocycles. The average Bonchev–Trinajstić information content (AvgIpc) is 1.97. The van der Waals surface area contributed by atoms with Crippen LogP contribution in [-0.4, -0.2) is 0 Å². The van der Waals surface area contributed by atoms with E-state index in [9.17, 15) is 0 Å². The lowest BCUT2D eigenvalue weighted by atomic mass is 10.1. The van der Waals surface area contributed by atoms with Crippen molar-refractivity contribution in [2.24, 2.45) is 0 Å². The first-order chi connectivity index (χ1) is 7.05. The van der Waals surface area contributed by atoms with E-state index in [0.717, 1.165) is 0 Å². The van der Waals surface area contributed by atoms with Crippen molar-refractivity contribution >= 4 is 92.8 Å². The third-order valence-corrected chi connectivity index (χ3v) is 3.57. The van der Waals surface area contributed by atoms with Crippen LogP contribution in [0.1, 0.15) is 11.1 Å². The summed E-state index contributed by atoms with van der Waals surface area (Å²) in [7, 11) is 0. The lowest BCUT2D eigenvalue weighted by Crippen LogP contribution is -2.08. The van der Waals surface area contributed by atoms with Crippen LogP contribution in [0.2, 0.25) is 10.0 Å². The van der Waals surface area contributed by atoms with Crippen molar-refractivity contribution in [3.8, 4) is 0 Å². The van der Waals surface area contributed by atoms with Crippen molar-refractivity contribution in [3.63, 3.8) is 0 Å². The largest absolute Gasteiger partial charge is 0.218 e. The van der Waals surface area contributed by atoms with Gasteiger partial charge in [-0.15, -0.1) is 0 Å². The lowest BCUT2D eigenvalue weighted by Gasteiger charge is -2.20. The van der Waals surface area contributed by atoms with Gasteiger partial charge in [0.05, 0.1) is 5.02 Å². The van der Waals surface area contributed by atoms with E-state index in [1.54, 1.807) is 0 Å². The molecule has 0 bridgehead atoms. The van der Waals surface area contributed by atoms with Crippen LogP contribution in [0.4, 0.5) is 0 Å². The number of halogens is 8. The predicted octanol–water partition coefficient (Wildman–Crippen LogP) is 6.65. The van der Waals surface area contributed by atoms with Crippen LogP contribution in [0.3, 0.4) is 0 Å². The Hall–Kier alpha value is 1.54. The SMILES string of the molecule is Clc1ccc(C(Cl)(Cl)Cl)c(Cl)c1C(Cl)(Cl)Cl. The fraction of sp³-hybridized carbons (Fsp3) is 0.250. The molecule has 0 heterocycles. The second kappa shape index (κ2) is 5.27. The zero-order valence-corrected chi connectivity index (χ0v) is 13.2. The highest BCUT2D eigenvalue weighted by Gasteiger charge is 2.34. The molecule has 0 N–H and O–H groups in total. The van der Waals surface area contributed by atoms with Crippen LogP contribution in [0.25, 0.3) is 0 Å². The molecule has 0 nitrogen and oxygen atoms in total. The third kappa shape index (κ3) is 3.52. The predicted molar refractivity (Wildman–Crippen MR) is 74.9 cm³/mol. The van der Waals surface area contributed by atoms with Crippen molar-refractivity contribution in [3.05, 3.63) is 33.3 Å². The van der Waals surface area contributed by atoms with E-state index in [2.05, 4.69) is 0 Å². The van der Waals surface area contributed by atoms with Crippen LogP contribution in [0.5, 0.6) is 0 Å². The quantitative estimate of drug-likeness (QED) is 0.441. The number of alkyl halides is 6. The molecule has 0 aliphatic rings. The molecule has 90 valence electrons. The summed E-state index contributed by atoms with van der Waals surface area (Å²) >= 11 is 46.2. The summed E-state index contributed by atoms with van der Waals surface area (Å²) in [5.74, 6) is 0. The Morgan fingerprint density at radius 3 is 1.62 bits per heavy atom. The minimum atomic E-state index is -1.79. The van der Waals surface area contributed by atoms with E-state index in [0.29, 0.717) is 0 Å². The van der Waals surface area contributed by atoms with Gasteiger partial charge in [0.2, 0.25) is 7.59 Å².